The van der Waals surface area contributed by atoms with E-state index in [1.807, 2.05) is 0 Å². The van der Waals surface area contributed by atoms with E-state index in [2.05, 4.69) is 10.6 Å². The average molecular weight is 277 g/mol. The highest BCUT2D eigenvalue weighted by molar-refractivity contribution is 6.36. The summed E-state index contributed by atoms with van der Waals surface area (Å²) in [6.07, 6.45) is 0. The molecular formula is C11H14Cl2N2O2. The Morgan fingerprint density at radius 3 is 2.82 bits per heavy atom. The van der Waals surface area contributed by atoms with Crippen LogP contribution in [0.4, 0.5) is 5.69 Å². The molecular weight excluding hydrogens is 263 g/mol. The van der Waals surface area contributed by atoms with Gasteiger partial charge in [-0.2, -0.15) is 0 Å². The number of rotatable bonds is 6. The summed E-state index contributed by atoms with van der Waals surface area (Å²) in [6.45, 7) is 1.14. The number of halogens is 2. The van der Waals surface area contributed by atoms with Crippen LogP contribution in [-0.4, -0.2) is 32.7 Å². The van der Waals surface area contributed by atoms with E-state index in [9.17, 15) is 4.79 Å². The molecule has 17 heavy (non-hydrogen) atoms. The van der Waals surface area contributed by atoms with Gasteiger partial charge in [0.2, 0.25) is 5.91 Å². The lowest BCUT2D eigenvalue weighted by Gasteiger charge is -2.09. The van der Waals surface area contributed by atoms with Gasteiger partial charge in [-0.05, 0) is 18.2 Å². The van der Waals surface area contributed by atoms with Crippen molar-refractivity contribution in [3.63, 3.8) is 0 Å². The molecule has 6 heteroatoms. The molecule has 0 radical (unpaired) electrons. The lowest BCUT2D eigenvalue weighted by Crippen LogP contribution is -2.32. The number of methoxy groups -OCH3 is 1. The first kappa shape index (κ1) is 14.1. The van der Waals surface area contributed by atoms with Crippen LogP contribution in [0, 0.1) is 0 Å². The third-order valence-electron chi connectivity index (χ3n) is 2.00. The Bertz CT molecular complexity index is 386. The second-order valence-electron chi connectivity index (χ2n) is 3.32. The van der Waals surface area contributed by atoms with Gasteiger partial charge in [0, 0.05) is 18.7 Å². The summed E-state index contributed by atoms with van der Waals surface area (Å²) >= 11 is 11.7. The zero-order valence-electron chi connectivity index (χ0n) is 9.43. The fourth-order valence-corrected chi connectivity index (χ4v) is 1.64. The van der Waals surface area contributed by atoms with Crippen molar-refractivity contribution in [3.8, 4) is 0 Å². The Hall–Kier alpha value is -0.970. The monoisotopic (exact) mass is 276 g/mol. The van der Waals surface area contributed by atoms with E-state index in [-0.39, 0.29) is 12.5 Å². The molecule has 1 aromatic carbocycles. The zero-order valence-corrected chi connectivity index (χ0v) is 10.9. The van der Waals surface area contributed by atoms with Crippen LogP contribution >= 0.6 is 23.2 Å². The molecule has 0 aliphatic heterocycles. The van der Waals surface area contributed by atoms with Crippen molar-refractivity contribution in [2.75, 3.05) is 32.1 Å². The highest BCUT2D eigenvalue weighted by Gasteiger charge is 2.03. The van der Waals surface area contributed by atoms with Gasteiger partial charge in [0.1, 0.15) is 0 Å². The maximum Gasteiger partial charge on any atom is 0.239 e. The van der Waals surface area contributed by atoms with Crippen LogP contribution in [0.5, 0.6) is 0 Å². The molecule has 94 valence electrons. The molecule has 0 fully saturated rings. The van der Waals surface area contributed by atoms with Gasteiger partial charge >= 0.3 is 0 Å². The predicted molar refractivity (Wildman–Crippen MR) is 69.8 cm³/mol. The number of hydrogen-bond donors (Lipinski definition) is 2. The van der Waals surface area contributed by atoms with Crippen molar-refractivity contribution < 1.29 is 9.53 Å². The Labute approximate surface area is 110 Å². The van der Waals surface area contributed by atoms with Crippen LogP contribution in [-0.2, 0) is 9.53 Å². The van der Waals surface area contributed by atoms with Crippen LogP contribution in [0.3, 0.4) is 0 Å². The van der Waals surface area contributed by atoms with E-state index in [1.165, 1.54) is 0 Å². The quantitative estimate of drug-likeness (QED) is 0.783. The zero-order chi connectivity index (χ0) is 12.7. The summed E-state index contributed by atoms with van der Waals surface area (Å²) in [7, 11) is 1.58. The van der Waals surface area contributed by atoms with E-state index in [0.29, 0.717) is 28.9 Å². The molecule has 0 aliphatic rings. The van der Waals surface area contributed by atoms with Crippen LogP contribution < -0.4 is 10.6 Å². The van der Waals surface area contributed by atoms with Crippen LogP contribution in [0.25, 0.3) is 0 Å². The highest BCUT2D eigenvalue weighted by atomic mass is 35.5. The van der Waals surface area contributed by atoms with E-state index in [4.69, 9.17) is 27.9 Å². The average Bonchev–Trinajstić information content (AvgIpc) is 2.28. The number of benzene rings is 1. The number of hydrogen-bond acceptors (Lipinski definition) is 3. The largest absolute Gasteiger partial charge is 0.383 e. The molecule has 0 saturated carbocycles. The minimum absolute atomic E-state index is 0.118. The fourth-order valence-electron chi connectivity index (χ4n) is 1.16. The van der Waals surface area contributed by atoms with Gasteiger partial charge in [0.15, 0.2) is 0 Å². The van der Waals surface area contributed by atoms with E-state index < -0.39 is 0 Å². The first-order valence-electron chi connectivity index (χ1n) is 5.08. The van der Waals surface area contributed by atoms with Crippen molar-refractivity contribution in [3.05, 3.63) is 28.2 Å². The SMILES string of the molecule is COCCNC(=O)CNc1ccc(Cl)cc1Cl. The summed E-state index contributed by atoms with van der Waals surface area (Å²) in [4.78, 5) is 11.4. The standard InChI is InChI=1S/C11H14Cl2N2O2/c1-17-5-4-14-11(16)7-15-10-3-2-8(12)6-9(10)13/h2-3,6,15H,4-5,7H2,1H3,(H,14,16). The van der Waals surface area contributed by atoms with Gasteiger partial charge in [-0.1, -0.05) is 23.2 Å². The molecule has 1 rings (SSSR count). The second-order valence-corrected chi connectivity index (χ2v) is 4.16. The summed E-state index contributed by atoms with van der Waals surface area (Å²) in [5.41, 5.74) is 0.679. The van der Waals surface area contributed by atoms with Gasteiger partial charge in [0.05, 0.1) is 23.9 Å². The molecule has 0 saturated heterocycles. The first-order valence-corrected chi connectivity index (χ1v) is 5.83. The molecule has 0 aliphatic carbocycles. The maximum absolute atomic E-state index is 11.4. The molecule has 0 atom stereocenters. The van der Waals surface area contributed by atoms with Crippen molar-refractivity contribution in [2.24, 2.45) is 0 Å². The van der Waals surface area contributed by atoms with Gasteiger partial charge < -0.3 is 15.4 Å². The van der Waals surface area contributed by atoms with Gasteiger partial charge in [-0.15, -0.1) is 0 Å². The number of carbonyl (C=O) groups excluding carboxylic acids is 1. The normalized spacial score (nSPS) is 10.1. The third-order valence-corrected chi connectivity index (χ3v) is 2.55. The molecule has 1 amide bonds. The molecule has 2 N–H and O–H groups in total. The van der Waals surface area contributed by atoms with E-state index in [0.717, 1.165) is 0 Å². The van der Waals surface area contributed by atoms with Crippen LogP contribution in [0.15, 0.2) is 18.2 Å². The minimum Gasteiger partial charge on any atom is -0.383 e. The Morgan fingerprint density at radius 2 is 2.18 bits per heavy atom. The molecule has 0 aromatic heterocycles. The molecule has 0 spiro atoms. The summed E-state index contributed by atoms with van der Waals surface area (Å²) < 4.78 is 4.82. The smallest absolute Gasteiger partial charge is 0.239 e. The Morgan fingerprint density at radius 1 is 1.41 bits per heavy atom. The summed E-state index contributed by atoms with van der Waals surface area (Å²) in [5, 5.41) is 6.66. The number of anilines is 1. The molecule has 0 bridgehead atoms. The number of amides is 1. The molecule has 0 unspecified atom stereocenters. The van der Waals surface area contributed by atoms with Crippen molar-refractivity contribution in [2.45, 2.75) is 0 Å². The second kappa shape index (κ2) is 7.37. The third kappa shape index (κ3) is 5.26. The van der Waals surface area contributed by atoms with Crippen molar-refractivity contribution >= 4 is 34.8 Å². The van der Waals surface area contributed by atoms with E-state index in [1.54, 1.807) is 25.3 Å². The summed E-state index contributed by atoms with van der Waals surface area (Å²) in [5.74, 6) is -0.118. The molecule has 1 aromatic rings. The van der Waals surface area contributed by atoms with Crippen LogP contribution in [0.1, 0.15) is 0 Å². The number of carbonyl (C=O) groups is 1. The number of ether oxygens (including phenoxy) is 1. The minimum atomic E-state index is -0.118. The van der Waals surface area contributed by atoms with Crippen molar-refractivity contribution in [1.82, 2.24) is 5.32 Å². The maximum atomic E-state index is 11.4. The van der Waals surface area contributed by atoms with Crippen LogP contribution in [0.2, 0.25) is 10.0 Å². The topological polar surface area (TPSA) is 50.4 Å². The Kier molecular flexibility index (Phi) is 6.11. The molecule has 4 nitrogen and oxygen atoms in total. The van der Waals surface area contributed by atoms with Gasteiger partial charge in [-0.3, -0.25) is 4.79 Å². The van der Waals surface area contributed by atoms with E-state index >= 15 is 0 Å². The van der Waals surface area contributed by atoms with Gasteiger partial charge in [0.25, 0.3) is 0 Å². The Balaban J connectivity index is 2.37. The molecule has 0 heterocycles. The lowest BCUT2D eigenvalue weighted by atomic mass is 10.3. The number of nitrogens with one attached hydrogen (secondary N) is 2. The highest BCUT2D eigenvalue weighted by Crippen LogP contribution is 2.24. The van der Waals surface area contributed by atoms with Gasteiger partial charge in [-0.25, -0.2) is 0 Å². The van der Waals surface area contributed by atoms with Crippen molar-refractivity contribution in [1.29, 1.82) is 0 Å². The lowest BCUT2D eigenvalue weighted by molar-refractivity contribution is -0.119. The summed E-state index contributed by atoms with van der Waals surface area (Å²) in [6, 6.07) is 5.06. The fraction of sp³-hybridized carbons (Fsp3) is 0.364. The predicted octanol–water partition coefficient (Wildman–Crippen LogP) is 2.17. The first-order chi connectivity index (χ1) is 8.13.